The highest BCUT2D eigenvalue weighted by Gasteiger charge is 2.20. The number of hydrogen-bond donors (Lipinski definition) is 2. The van der Waals surface area contributed by atoms with Gasteiger partial charge in [0, 0.05) is 26.3 Å². The van der Waals surface area contributed by atoms with Crippen molar-refractivity contribution in [1.29, 1.82) is 0 Å². The van der Waals surface area contributed by atoms with E-state index in [2.05, 4.69) is 28.6 Å². The van der Waals surface area contributed by atoms with Crippen molar-refractivity contribution in [2.75, 3.05) is 32.9 Å². The second kappa shape index (κ2) is 13.2. The highest BCUT2D eigenvalue weighted by molar-refractivity contribution is 14.0. The summed E-state index contributed by atoms with van der Waals surface area (Å²) in [6.45, 7) is 8.86. The van der Waals surface area contributed by atoms with Crippen molar-refractivity contribution in [3.05, 3.63) is 29.8 Å². The van der Waals surface area contributed by atoms with Gasteiger partial charge in [0.05, 0.1) is 13.2 Å². The van der Waals surface area contributed by atoms with Crippen molar-refractivity contribution in [3.63, 3.8) is 0 Å². The first-order valence-electron chi connectivity index (χ1n) is 9.13. The molecule has 0 radical (unpaired) electrons. The number of hydrogen-bond acceptors (Lipinski definition) is 3. The molecule has 1 saturated carbocycles. The molecule has 0 aliphatic heterocycles. The van der Waals surface area contributed by atoms with E-state index < -0.39 is 0 Å². The van der Waals surface area contributed by atoms with Gasteiger partial charge in [0.15, 0.2) is 5.96 Å². The Labute approximate surface area is 169 Å². The predicted octanol–water partition coefficient (Wildman–Crippen LogP) is 3.58. The number of nitrogens with one attached hydrogen (secondary N) is 2. The molecule has 1 aliphatic carbocycles. The Hall–Kier alpha value is -1.02. The van der Waals surface area contributed by atoms with Crippen molar-refractivity contribution in [1.82, 2.24) is 10.6 Å². The van der Waals surface area contributed by atoms with Crippen LogP contribution in [0, 0.1) is 5.92 Å². The lowest BCUT2D eigenvalue weighted by atomic mass is 10.2. The van der Waals surface area contributed by atoms with Crippen molar-refractivity contribution >= 4 is 29.9 Å². The Bertz CT molecular complexity index is 507. The molecule has 0 heterocycles. The smallest absolute Gasteiger partial charge is 0.191 e. The summed E-state index contributed by atoms with van der Waals surface area (Å²) >= 11 is 0. The van der Waals surface area contributed by atoms with E-state index in [9.17, 15) is 0 Å². The summed E-state index contributed by atoms with van der Waals surface area (Å²) < 4.78 is 11.2. The summed E-state index contributed by atoms with van der Waals surface area (Å²) in [5, 5.41) is 6.64. The van der Waals surface area contributed by atoms with Gasteiger partial charge in [0.2, 0.25) is 0 Å². The Morgan fingerprint density at radius 2 is 2.08 bits per heavy atom. The quantitative estimate of drug-likeness (QED) is 0.229. The molecule has 1 aromatic rings. The van der Waals surface area contributed by atoms with Gasteiger partial charge in [-0.3, -0.25) is 0 Å². The average Bonchev–Trinajstić information content (AvgIpc) is 3.40. The van der Waals surface area contributed by atoms with Crippen molar-refractivity contribution < 1.29 is 9.47 Å². The Kier molecular flexibility index (Phi) is 11.6. The van der Waals surface area contributed by atoms with Crippen LogP contribution in [0.15, 0.2) is 29.3 Å². The van der Waals surface area contributed by atoms with Crippen LogP contribution in [-0.4, -0.2) is 38.9 Å². The van der Waals surface area contributed by atoms with Gasteiger partial charge >= 0.3 is 0 Å². The number of aliphatic imine (C=N–C) groups is 1. The Morgan fingerprint density at radius 3 is 2.80 bits per heavy atom. The highest BCUT2D eigenvalue weighted by atomic mass is 127. The summed E-state index contributed by atoms with van der Waals surface area (Å²) in [5.41, 5.74) is 1.14. The summed E-state index contributed by atoms with van der Waals surface area (Å²) in [6, 6.07) is 8.10. The molecule has 2 N–H and O–H groups in total. The van der Waals surface area contributed by atoms with Crippen LogP contribution in [-0.2, 0) is 11.3 Å². The lowest BCUT2D eigenvalue weighted by molar-refractivity contribution is 0.123. The van der Waals surface area contributed by atoms with E-state index in [1.54, 1.807) is 0 Å². The first-order chi connectivity index (χ1) is 11.8. The van der Waals surface area contributed by atoms with E-state index in [0.29, 0.717) is 13.2 Å². The molecule has 0 atom stereocenters. The standard InChI is InChI=1S/C19H31N3O2.HI/c1-3-20-19(21-11-6-12-23-15-16-9-10-16)22-14-17-7-5-8-18(13-17)24-4-2;/h5,7-8,13,16H,3-4,6,9-12,14-15H2,1-2H3,(H2,20,21,22);1H. The molecule has 1 fully saturated rings. The molecule has 142 valence electrons. The van der Waals surface area contributed by atoms with Gasteiger partial charge in [-0.15, -0.1) is 24.0 Å². The van der Waals surface area contributed by atoms with Gasteiger partial charge < -0.3 is 20.1 Å². The third-order valence-electron chi connectivity index (χ3n) is 3.78. The lowest BCUT2D eigenvalue weighted by Crippen LogP contribution is -2.38. The average molecular weight is 461 g/mol. The number of halogens is 1. The molecule has 6 heteroatoms. The Morgan fingerprint density at radius 1 is 1.24 bits per heavy atom. The monoisotopic (exact) mass is 461 g/mol. The van der Waals surface area contributed by atoms with E-state index in [1.165, 1.54) is 12.8 Å². The topological polar surface area (TPSA) is 54.9 Å². The summed E-state index contributed by atoms with van der Waals surface area (Å²) in [7, 11) is 0. The minimum atomic E-state index is 0. The summed E-state index contributed by atoms with van der Waals surface area (Å²) in [6.07, 6.45) is 3.69. The largest absolute Gasteiger partial charge is 0.494 e. The maximum absolute atomic E-state index is 5.65. The van der Waals surface area contributed by atoms with Gasteiger partial charge in [0.25, 0.3) is 0 Å². The lowest BCUT2D eigenvalue weighted by Gasteiger charge is -2.11. The number of benzene rings is 1. The minimum Gasteiger partial charge on any atom is -0.494 e. The molecule has 1 aliphatic rings. The van der Waals surface area contributed by atoms with Crippen LogP contribution in [0.25, 0.3) is 0 Å². The van der Waals surface area contributed by atoms with E-state index in [0.717, 1.165) is 55.9 Å². The van der Waals surface area contributed by atoms with Gasteiger partial charge in [-0.25, -0.2) is 4.99 Å². The fraction of sp³-hybridized carbons (Fsp3) is 0.632. The molecule has 0 spiro atoms. The van der Waals surface area contributed by atoms with E-state index in [1.807, 2.05) is 25.1 Å². The maximum atomic E-state index is 5.65. The van der Waals surface area contributed by atoms with Crippen molar-refractivity contribution in [2.45, 2.75) is 39.7 Å². The van der Waals surface area contributed by atoms with Crippen molar-refractivity contribution in [3.8, 4) is 5.75 Å². The fourth-order valence-electron chi connectivity index (χ4n) is 2.33. The minimum absolute atomic E-state index is 0. The zero-order valence-electron chi connectivity index (χ0n) is 15.4. The first-order valence-corrected chi connectivity index (χ1v) is 9.13. The highest BCUT2D eigenvalue weighted by Crippen LogP contribution is 2.28. The molecule has 0 amide bonds. The summed E-state index contributed by atoms with van der Waals surface area (Å²) in [4.78, 5) is 4.64. The molecule has 1 aromatic carbocycles. The van der Waals surface area contributed by atoms with Crippen LogP contribution in [0.4, 0.5) is 0 Å². The van der Waals surface area contributed by atoms with Crippen LogP contribution in [0.1, 0.15) is 38.7 Å². The third-order valence-corrected chi connectivity index (χ3v) is 3.78. The van der Waals surface area contributed by atoms with E-state index >= 15 is 0 Å². The molecule has 0 bridgehead atoms. The molecular formula is C19H32IN3O2. The summed E-state index contributed by atoms with van der Waals surface area (Å²) in [5.74, 6) is 2.58. The van der Waals surface area contributed by atoms with E-state index in [-0.39, 0.29) is 24.0 Å². The normalized spacial score (nSPS) is 13.9. The van der Waals surface area contributed by atoms with Crippen LogP contribution < -0.4 is 15.4 Å². The number of guanidine groups is 1. The molecule has 0 unspecified atom stereocenters. The molecule has 2 rings (SSSR count). The molecule has 0 aromatic heterocycles. The number of ether oxygens (including phenoxy) is 2. The van der Waals surface area contributed by atoms with Gasteiger partial charge in [-0.1, -0.05) is 12.1 Å². The van der Waals surface area contributed by atoms with Gasteiger partial charge in [0.1, 0.15) is 5.75 Å². The molecule has 25 heavy (non-hydrogen) atoms. The van der Waals surface area contributed by atoms with Crippen LogP contribution in [0.2, 0.25) is 0 Å². The second-order valence-electron chi connectivity index (χ2n) is 6.07. The zero-order valence-corrected chi connectivity index (χ0v) is 17.8. The molecular weight excluding hydrogens is 429 g/mol. The SMILES string of the molecule is CCNC(=NCc1cccc(OCC)c1)NCCCOCC1CC1.I. The molecule has 0 saturated heterocycles. The Balaban J connectivity index is 0.00000312. The van der Waals surface area contributed by atoms with Gasteiger partial charge in [-0.2, -0.15) is 0 Å². The van der Waals surface area contributed by atoms with E-state index in [4.69, 9.17) is 9.47 Å². The second-order valence-corrected chi connectivity index (χ2v) is 6.07. The van der Waals surface area contributed by atoms with Crippen LogP contribution in [0.3, 0.4) is 0 Å². The molecule has 5 nitrogen and oxygen atoms in total. The number of rotatable bonds is 11. The van der Waals surface area contributed by atoms with Crippen LogP contribution in [0.5, 0.6) is 5.75 Å². The third kappa shape index (κ3) is 9.89. The van der Waals surface area contributed by atoms with Crippen LogP contribution >= 0.6 is 24.0 Å². The van der Waals surface area contributed by atoms with Gasteiger partial charge in [-0.05, 0) is 56.7 Å². The first kappa shape index (κ1) is 22.0. The van der Waals surface area contributed by atoms with Crippen molar-refractivity contribution in [2.24, 2.45) is 10.9 Å². The zero-order chi connectivity index (χ0) is 17.0. The predicted molar refractivity (Wildman–Crippen MR) is 114 cm³/mol. The maximum Gasteiger partial charge on any atom is 0.191 e. The fourth-order valence-corrected chi connectivity index (χ4v) is 2.33. The number of nitrogens with zero attached hydrogens (tertiary/aromatic N) is 1.